The summed E-state index contributed by atoms with van der Waals surface area (Å²) in [5.41, 5.74) is 3.41. The minimum Gasteiger partial charge on any atom is -0.483 e. The molecule has 0 unspecified atom stereocenters. The van der Waals surface area contributed by atoms with E-state index in [1.54, 1.807) is 25.1 Å². The molecule has 3 aromatic rings. The lowest BCUT2D eigenvalue weighted by molar-refractivity contribution is -0.123. The summed E-state index contributed by atoms with van der Waals surface area (Å²) in [5.74, 6) is 0.131. The van der Waals surface area contributed by atoms with Crippen molar-refractivity contribution >= 4 is 26.9 Å². The molecule has 0 radical (unpaired) electrons. The van der Waals surface area contributed by atoms with Gasteiger partial charge < -0.3 is 14.5 Å². The average molecular weight is 442 g/mol. The van der Waals surface area contributed by atoms with Gasteiger partial charge in [-0.05, 0) is 61.6 Å². The molecular weight excluding hydrogens is 420 g/mol. The lowest BCUT2D eigenvalue weighted by Gasteiger charge is -2.12. The summed E-state index contributed by atoms with van der Waals surface area (Å²) >= 11 is 0. The first-order chi connectivity index (χ1) is 14.7. The number of hydrogen-bond donors (Lipinski definition) is 2. The van der Waals surface area contributed by atoms with Gasteiger partial charge in [-0.1, -0.05) is 12.1 Å². The number of primary sulfonamides is 1. The van der Waals surface area contributed by atoms with Gasteiger partial charge in [0.15, 0.2) is 6.61 Å². The summed E-state index contributed by atoms with van der Waals surface area (Å²) < 4.78 is 33.7. The van der Waals surface area contributed by atoms with E-state index in [4.69, 9.17) is 14.3 Å². The van der Waals surface area contributed by atoms with Crippen LogP contribution >= 0.6 is 0 Å². The SMILES string of the molecule is Cc1c(OCC(=O)NCc2ccc(S(N)(=O)=O)cc2)ccc2c3c(c(=O)oc12)CCC3. The van der Waals surface area contributed by atoms with Gasteiger partial charge in [0, 0.05) is 23.1 Å². The molecule has 9 heteroatoms. The Kier molecular flexibility index (Phi) is 5.55. The smallest absolute Gasteiger partial charge is 0.339 e. The highest BCUT2D eigenvalue weighted by Gasteiger charge is 2.21. The van der Waals surface area contributed by atoms with Crippen molar-refractivity contribution in [2.24, 2.45) is 5.14 Å². The van der Waals surface area contributed by atoms with Crippen molar-refractivity contribution in [3.05, 3.63) is 69.1 Å². The Morgan fingerprint density at radius 1 is 1.13 bits per heavy atom. The van der Waals surface area contributed by atoms with E-state index in [1.807, 2.05) is 6.07 Å². The summed E-state index contributed by atoms with van der Waals surface area (Å²) in [5, 5.41) is 8.70. The monoisotopic (exact) mass is 442 g/mol. The van der Waals surface area contributed by atoms with Gasteiger partial charge in [0.1, 0.15) is 11.3 Å². The van der Waals surface area contributed by atoms with Gasteiger partial charge in [-0.15, -0.1) is 0 Å². The van der Waals surface area contributed by atoms with Crippen LogP contribution < -0.4 is 20.8 Å². The topological polar surface area (TPSA) is 129 Å². The van der Waals surface area contributed by atoms with E-state index in [2.05, 4.69) is 5.32 Å². The Labute approximate surface area is 179 Å². The Hall–Kier alpha value is -3.17. The van der Waals surface area contributed by atoms with Crippen molar-refractivity contribution in [2.45, 2.75) is 37.6 Å². The van der Waals surface area contributed by atoms with Gasteiger partial charge in [0.25, 0.3) is 5.91 Å². The zero-order chi connectivity index (χ0) is 22.2. The van der Waals surface area contributed by atoms with Crippen molar-refractivity contribution in [2.75, 3.05) is 6.61 Å². The molecule has 0 aliphatic heterocycles. The van der Waals surface area contributed by atoms with Gasteiger partial charge >= 0.3 is 5.63 Å². The number of benzene rings is 2. The molecule has 0 spiro atoms. The number of rotatable bonds is 6. The van der Waals surface area contributed by atoms with Gasteiger partial charge in [0.2, 0.25) is 10.0 Å². The summed E-state index contributed by atoms with van der Waals surface area (Å²) in [6, 6.07) is 9.58. The zero-order valence-electron chi connectivity index (χ0n) is 16.9. The molecule has 1 heterocycles. The molecule has 2 aromatic carbocycles. The lowest BCUT2D eigenvalue weighted by Crippen LogP contribution is -2.28. The molecule has 8 nitrogen and oxygen atoms in total. The van der Waals surface area contributed by atoms with E-state index in [0.29, 0.717) is 16.9 Å². The second-order valence-corrected chi connectivity index (χ2v) is 9.08. The number of ether oxygens (including phenoxy) is 1. The fourth-order valence-corrected chi connectivity index (χ4v) is 4.33. The minimum atomic E-state index is -3.75. The van der Waals surface area contributed by atoms with Crippen molar-refractivity contribution < 1.29 is 22.4 Å². The number of nitrogens with two attached hydrogens (primary N) is 1. The molecule has 1 aromatic heterocycles. The third-order valence-corrected chi connectivity index (χ3v) is 6.37. The van der Waals surface area contributed by atoms with Crippen LogP contribution in [0.2, 0.25) is 0 Å². The summed E-state index contributed by atoms with van der Waals surface area (Å²) in [6.07, 6.45) is 2.55. The van der Waals surface area contributed by atoms with Crippen LogP contribution in [0.15, 0.2) is 50.5 Å². The van der Waals surface area contributed by atoms with E-state index < -0.39 is 10.0 Å². The molecule has 1 amide bonds. The highest BCUT2D eigenvalue weighted by atomic mass is 32.2. The fraction of sp³-hybridized carbons (Fsp3) is 0.273. The van der Waals surface area contributed by atoms with Gasteiger partial charge in [-0.25, -0.2) is 18.4 Å². The predicted octanol–water partition coefficient (Wildman–Crippen LogP) is 1.93. The summed E-state index contributed by atoms with van der Waals surface area (Å²) in [6.45, 7) is 1.80. The van der Waals surface area contributed by atoms with E-state index >= 15 is 0 Å². The van der Waals surface area contributed by atoms with E-state index in [9.17, 15) is 18.0 Å². The number of hydrogen-bond acceptors (Lipinski definition) is 6. The highest BCUT2D eigenvalue weighted by Crippen LogP contribution is 2.32. The third kappa shape index (κ3) is 4.33. The fourth-order valence-electron chi connectivity index (χ4n) is 3.81. The molecule has 0 saturated heterocycles. The Morgan fingerprint density at radius 3 is 2.55 bits per heavy atom. The van der Waals surface area contributed by atoms with E-state index in [-0.39, 0.29) is 29.6 Å². The first kappa shape index (κ1) is 21.1. The van der Waals surface area contributed by atoms with Crippen LogP contribution in [-0.2, 0) is 34.2 Å². The summed E-state index contributed by atoms with van der Waals surface area (Å²) in [4.78, 5) is 24.4. The standard InChI is InChI=1S/C22H22N2O6S/c1-13-19(10-9-17-16-3-2-4-18(16)22(26)30-21(13)17)29-12-20(25)24-11-14-5-7-15(8-6-14)31(23,27)28/h5-10H,2-4,11-12H2,1H3,(H,24,25)(H2,23,27,28). The normalized spacial score (nSPS) is 13.2. The number of sulfonamides is 1. The van der Waals surface area contributed by atoms with Crippen molar-refractivity contribution in [1.29, 1.82) is 0 Å². The van der Waals surface area contributed by atoms with Crippen LogP contribution in [0.1, 0.15) is 28.7 Å². The van der Waals surface area contributed by atoms with Crippen LogP contribution in [0.25, 0.3) is 11.0 Å². The van der Waals surface area contributed by atoms with Crippen molar-refractivity contribution in [3.8, 4) is 5.75 Å². The zero-order valence-corrected chi connectivity index (χ0v) is 17.8. The minimum absolute atomic E-state index is 0.00924. The predicted molar refractivity (Wildman–Crippen MR) is 114 cm³/mol. The second-order valence-electron chi connectivity index (χ2n) is 7.52. The molecular formula is C22H22N2O6S. The van der Waals surface area contributed by atoms with Crippen LogP contribution in [-0.4, -0.2) is 20.9 Å². The quantitative estimate of drug-likeness (QED) is 0.561. The second kappa shape index (κ2) is 8.16. The summed E-state index contributed by atoms with van der Waals surface area (Å²) in [7, 11) is -3.75. The Balaban J connectivity index is 1.41. The third-order valence-electron chi connectivity index (χ3n) is 5.44. The van der Waals surface area contributed by atoms with Gasteiger partial charge in [-0.2, -0.15) is 0 Å². The molecule has 0 fully saturated rings. The number of nitrogens with one attached hydrogen (secondary N) is 1. The van der Waals surface area contributed by atoms with E-state index in [0.717, 1.165) is 41.3 Å². The molecule has 0 saturated carbocycles. The van der Waals surface area contributed by atoms with Crippen LogP contribution in [0.5, 0.6) is 5.75 Å². The molecule has 162 valence electrons. The van der Waals surface area contributed by atoms with Crippen LogP contribution in [0.4, 0.5) is 0 Å². The molecule has 1 aliphatic rings. The molecule has 0 bridgehead atoms. The van der Waals surface area contributed by atoms with Crippen molar-refractivity contribution in [3.63, 3.8) is 0 Å². The molecule has 31 heavy (non-hydrogen) atoms. The van der Waals surface area contributed by atoms with Gasteiger partial charge in [0.05, 0.1) is 4.90 Å². The molecule has 3 N–H and O–H groups in total. The molecule has 0 atom stereocenters. The lowest BCUT2D eigenvalue weighted by atomic mass is 10.0. The van der Waals surface area contributed by atoms with Gasteiger partial charge in [-0.3, -0.25) is 4.79 Å². The maximum atomic E-state index is 12.2. The average Bonchev–Trinajstić information content (AvgIpc) is 3.23. The van der Waals surface area contributed by atoms with Crippen molar-refractivity contribution in [1.82, 2.24) is 5.32 Å². The maximum Gasteiger partial charge on any atom is 0.339 e. The molecule has 4 rings (SSSR count). The Morgan fingerprint density at radius 2 is 1.84 bits per heavy atom. The number of carbonyl (C=O) groups excluding carboxylic acids is 1. The van der Waals surface area contributed by atoms with Crippen LogP contribution in [0, 0.1) is 6.92 Å². The largest absolute Gasteiger partial charge is 0.483 e. The number of amides is 1. The molecule has 1 aliphatic carbocycles. The highest BCUT2D eigenvalue weighted by molar-refractivity contribution is 7.89. The maximum absolute atomic E-state index is 12.2. The van der Waals surface area contributed by atoms with Crippen LogP contribution in [0.3, 0.4) is 0 Å². The number of carbonyl (C=O) groups is 1. The first-order valence-corrected chi connectivity index (χ1v) is 11.4. The Bertz CT molecular complexity index is 1330. The first-order valence-electron chi connectivity index (χ1n) is 9.83. The van der Waals surface area contributed by atoms with E-state index in [1.165, 1.54) is 12.1 Å². The number of aryl methyl sites for hydroxylation is 2. The number of fused-ring (bicyclic) bond motifs is 3.